The summed E-state index contributed by atoms with van der Waals surface area (Å²) in [5, 5.41) is 9.60. The molecule has 0 spiro atoms. The first kappa shape index (κ1) is 14.0. The van der Waals surface area contributed by atoms with Gasteiger partial charge in [0.05, 0.1) is 0 Å². The number of phenols is 1. The van der Waals surface area contributed by atoms with Gasteiger partial charge in [-0.25, -0.2) is 4.39 Å². The standard InChI is InChI=1S/C15H15FN2O2/c1-18(10-7-11-5-8-17-9-6-11)15(20)14-12(16)3-2-4-13(14)19/h2-6,8-9,19H,7,10H2,1H3. The topological polar surface area (TPSA) is 53.4 Å². The maximum atomic E-state index is 13.6. The summed E-state index contributed by atoms with van der Waals surface area (Å²) in [5.41, 5.74) is 0.752. The van der Waals surface area contributed by atoms with Crippen LogP contribution in [0.1, 0.15) is 15.9 Å². The lowest BCUT2D eigenvalue weighted by Gasteiger charge is -2.18. The molecule has 0 saturated heterocycles. The number of rotatable bonds is 4. The highest BCUT2D eigenvalue weighted by atomic mass is 19.1. The maximum Gasteiger partial charge on any atom is 0.260 e. The lowest BCUT2D eigenvalue weighted by atomic mass is 10.1. The molecule has 0 atom stereocenters. The predicted molar refractivity (Wildman–Crippen MR) is 73.0 cm³/mol. The SMILES string of the molecule is CN(CCc1ccncc1)C(=O)c1c(O)cccc1F. The van der Waals surface area contributed by atoms with Gasteiger partial charge in [-0.05, 0) is 36.2 Å². The van der Waals surface area contributed by atoms with Crippen LogP contribution in [-0.2, 0) is 6.42 Å². The smallest absolute Gasteiger partial charge is 0.260 e. The zero-order valence-corrected chi connectivity index (χ0v) is 11.1. The summed E-state index contributed by atoms with van der Waals surface area (Å²) in [6, 6.07) is 7.53. The van der Waals surface area contributed by atoms with Crippen LogP contribution < -0.4 is 0 Å². The third kappa shape index (κ3) is 3.12. The fraction of sp³-hybridized carbons (Fsp3) is 0.200. The van der Waals surface area contributed by atoms with E-state index < -0.39 is 11.7 Å². The summed E-state index contributed by atoms with van der Waals surface area (Å²) in [6.45, 7) is 0.427. The fourth-order valence-corrected chi connectivity index (χ4v) is 1.86. The number of carbonyl (C=O) groups is 1. The Morgan fingerprint density at radius 2 is 2.00 bits per heavy atom. The van der Waals surface area contributed by atoms with E-state index in [1.54, 1.807) is 19.4 Å². The summed E-state index contributed by atoms with van der Waals surface area (Å²) >= 11 is 0. The van der Waals surface area contributed by atoms with Crippen molar-refractivity contribution in [1.82, 2.24) is 9.88 Å². The van der Waals surface area contributed by atoms with E-state index >= 15 is 0 Å². The Labute approximate surface area is 116 Å². The van der Waals surface area contributed by atoms with Crippen LogP contribution in [0.25, 0.3) is 0 Å². The van der Waals surface area contributed by atoms with Crippen molar-refractivity contribution in [1.29, 1.82) is 0 Å². The molecular weight excluding hydrogens is 259 g/mol. The minimum absolute atomic E-state index is 0.287. The fourth-order valence-electron chi connectivity index (χ4n) is 1.86. The van der Waals surface area contributed by atoms with Gasteiger partial charge in [0.15, 0.2) is 0 Å². The van der Waals surface area contributed by atoms with Crippen molar-refractivity contribution in [3.05, 3.63) is 59.7 Å². The molecule has 0 aliphatic heterocycles. The molecule has 1 heterocycles. The molecule has 5 heteroatoms. The number of halogens is 1. The van der Waals surface area contributed by atoms with Gasteiger partial charge in [-0.1, -0.05) is 6.07 Å². The molecule has 0 aliphatic rings. The highest BCUT2D eigenvalue weighted by Crippen LogP contribution is 2.21. The van der Waals surface area contributed by atoms with Gasteiger partial charge >= 0.3 is 0 Å². The van der Waals surface area contributed by atoms with Gasteiger partial charge in [0.2, 0.25) is 0 Å². The number of benzene rings is 1. The number of amides is 1. The number of hydrogen-bond donors (Lipinski definition) is 1. The van der Waals surface area contributed by atoms with Crippen molar-refractivity contribution in [2.75, 3.05) is 13.6 Å². The summed E-state index contributed by atoms with van der Waals surface area (Å²) in [7, 11) is 1.58. The van der Waals surface area contributed by atoms with Crippen molar-refractivity contribution in [2.45, 2.75) is 6.42 Å². The average Bonchev–Trinajstić information content (AvgIpc) is 2.45. The Morgan fingerprint density at radius 3 is 2.65 bits per heavy atom. The molecule has 2 aromatic rings. The molecule has 0 unspecified atom stereocenters. The molecule has 1 N–H and O–H groups in total. The van der Waals surface area contributed by atoms with Crippen molar-refractivity contribution in [3.8, 4) is 5.75 Å². The molecule has 104 valence electrons. The summed E-state index contributed by atoms with van der Waals surface area (Å²) < 4.78 is 13.6. The first-order valence-electron chi connectivity index (χ1n) is 6.21. The van der Waals surface area contributed by atoms with E-state index in [1.165, 1.54) is 17.0 Å². The van der Waals surface area contributed by atoms with Crippen LogP contribution in [0.15, 0.2) is 42.7 Å². The molecule has 0 radical (unpaired) electrons. The van der Waals surface area contributed by atoms with Gasteiger partial charge in [0, 0.05) is 26.0 Å². The van der Waals surface area contributed by atoms with Crippen LogP contribution in [0, 0.1) is 5.82 Å². The van der Waals surface area contributed by atoms with E-state index in [4.69, 9.17) is 0 Å². The number of carbonyl (C=O) groups excluding carboxylic acids is 1. The third-order valence-corrected chi connectivity index (χ3v) is 3.04. The quantitative estimate of drug-likeness (QED) is 0.930. The predicted octanol–water partition coefficient (Wildman–Crippen LogP) is 2.24. The van der Waals surface area contributed by atoms with Crippen molar-refractivity contribution in [3.63, 3.8) is 0 Å². The molecule has 0 saturated carbocycles. The van der Waals surface area contributed by atoms with Gasteiger partial charge in [-0.3, -0.25) is 9.78 Å². The summed E-state index contributed by atoms with van der Waals surface area (Å²) in [6.07, 6.45) is 4.00. The molecule has 20 heavy (non-hydrogen) atoms. The molecule has 1 aromatic carbocycles. The van der Waals surface area contributed by atoms with Crippen LogP contribution in [0.3, 0.4) is 0 Å². The van der Waals surface area contributed by atoms with Crippen molar-refractivity contribution < 1.29 is 14.3 Å². The lowest BCUT2D eigenvalue weighted by molar-refractivity contribution is 0.0788. The molecule has 0 aliphatic carbocycles. The van der Waals surface area contributed by atoms with E-state index in [0.717, 1.165) is 11.6 Å². The second kappa shape index (κ2) is 6.14. The molecule has 1 aromatic heterocycles. The van der Waals surface area contributed by atoms with Crippen molar-refractivity contribution in [2.24, 2.45) is 0 Å². The Bertz CT molecular complexity index is 582. The minimum atomic E-state index is -0.717. The van der Waals surface area contributed by atoms with E-state index in [1.807, 2.05) is 12.1 Å². The van der Waals surface area contributed by atoms with Gasteiger partial charge in [0.1, 0.15) is 17.1 Å². The zero-order valence-electron chi connectivity index (χ0n) is 11.1. The van der Waals surface area contributed by atoms with Gasteiger partial charge in [-0.2, -0.15) is 0 Å². The summed E-state index contributed by atoms with van der Waals surface area (Å²) in [5.74, 6) is -1.59. The Hall–Kier alpha value is -2.43. The number of pyridine rings is 1. The van der Waals surface area contributed by atoms with Crippen molar-refractivity contribution >= 4 is 5.91 Å². The number of hydrogen-bond acceptors (Lipinski definition) is 3. The third-order valence-electron chi connectivity index (χ3n) is 3.04. The Kier molecular flexibility index (Phi) is 4.30. The van der Waals surface area contributed by atoms with E-state index in [9.17, 15) is 14.3 Å². The van der Waals surface area contributed by atoms with Gasteiger partial charge < -0.3 is 10.0 Å². The van der Waals surface area contributed by atoms with E-state index in [2.05, 4.69) is 4.98 Å². The highest BCUT2D eigenvalue weighted by Gasteiger charge is 2.19. The first-order valence-corrected chi connectivity index (χ1v) is 6.21. The average molecular weight is 274 g/mol. The summed E-state index contributed by atoms with van der Waals surface area (Å²) in [4.78, 5) is 17.4. The molecule has 0 fully saturated rings. The van der Waals surface area contributed by atoms with Gasteiger partial charge in [-0.15, -0.1) is 0 Å². The van der Waals surface area contributed by atoms with Crippen LogP contribution in [-0.4, -0.2) is 34.5 Å². The number of likely N-dealkylation sites (N-methyl/N-ethyl adjacent to an activating group) is 1. The second-order valence-corrected chi connectivity index (χ2v) is 4.47. The second-order valence-electron chi connectivity index (χ2n) is 4.47. The van der Waals surface area contributed by atoms with E-state index in [0.29, 0.717) is 13.0 Å². The Morgan fingerprint density at radius 1 is 1.30 bits per heavy atom. The number of aromatic nitrogens is 1. The van der Waals surface area contributed by atoms with Gasteiger partial charge in [0.25, 0.3) is 5.91 Å². The van der Waals surface area contributed by atoms with Crippen LogP contribution in [0.4, 0.5) is 4.39 Å². The monoisotopic (exact) mass is 274 g/mol. The first-order chi connectivity index (χ1) is 9.59. The van der Waals surface area contributed by atoms with E-state index in [-0.39, 0.29) is 11.3 Å². The maximum absolute atomic E-state index is 13.6. The largest absolute Gasteiger partial charge is 0.507 e. The molecule has 4 nitrogen and oxygen atoms in total. The molecule has 1 amide bonds. The zero-order chi connectivity index (χ0) is 14.5. The number of aromatic hydroxyl groups is 1. The lowest BCUT2D eigenvalue weighted by Crippen LogP contribution is -2.29. The van der Waals surface area contributed by atoms with Crippen LogP contribution in [0.2, 0.25) is 0 Å². The molecule has 0 bridgehead atoms. The number of nitrogens with zero attached hydrogens (tertiary/aromatic N) is 2. The van der Waals surface area contributed by atoms with Crippen LogP contribution in [0.5, 0.6) is 5.75 Å². The Balaban J connectivity index is 2.06. The molecule has 2 rings (SSSR count). The highest BCUT2D eigenvalue weighted by molar-refractivity contribution is 5.96. The molecular formula is C15H15FN2O2. The number of phenolic OH excluding ortho intramolecular Hbond substituents is 1. The normalized spacial score (nSPS) is 10.3. The van der Waals surface area contributed by atoms with Crippen LogP contribution >= 0.6 is 0 Å². The minimum Gasteiger partial charge on any atom is -0.507 e.